The van der Waals surface area contributed by atoms with Crippen molar-refractivity contribution in [2.24, 2.45) is 4.99 Å². The molecule has 318 valence electrons. The van der Waals surface area contributed by atoms with Crippen molar-refractivity contribution in [3.63, 3.8) is 0 Å². The number of anilines is 2. The van der Waals surface area contributed by atoms with Crippen LogP contribution in [0.1, 0.15) is 123 Å². The number of aliphatic hydroxyl groups is 1. The minimum absolute atomic E-state index is 0.0226. The second kappa shape index (κ2) is 20.9. The standard InChI is InChI=1S/C47H63ClN6O5/c1-10-14-15-43(59-42-21-16-32(46(6,7)11-2)26-35(42)47(8,9)12-3)44(57)52-39-28-41(56)40(53-45(58)50-33-17-19-36(48)31(25-33)29-49)27-38(39)51-37-20-18-34(24-30(37)5)54(13-4)22-23-55/h16-21,24-26,39-40,43,55H,10-15,22-23,27-28H2,1-9H3,(H,52,57)(H2,50,53,58). The van der Waals surface area contributed by atoms with Gasteiger partial charge in [0.15, 0.2) is 11.9 Å². The molecular formula is C47H63ClN6O5. The van der Waals surface area contributed by atoms with Crippen LogP contribution in [0, 0.1) is 18.3 Å². The molecule has 3 aromatic carbocycles. The van der Waals surface area contributed by atoms with Crippen molar-refractivity contribution in [2.45, 2.75) is 136 Å². The largest absolute Gasteiger partial charge is 0.480 e. The van der Waals surface area contributed by atoms with Gasteiger partial charge in [-0.1, -0.05) is 78.6 Å². The number of aliphatic hydroxyl groups excluding tert-OH is 1. The number of nitrogens with one attached hydrogen (secondary N) is 3. The monoisotopic (exact) mass is 826 g/mol. The molecule has 4 rings (SSSR count). The minimum atomic E-state index is -0.929. The van der Waals surface area contributed by atoms with Crippen LogP contribution in [0.2, 0.25) is 5.02 Å². The summed E-state index contributed by atoms with van der Waals surface area (Å²) in [5, 5.41) is 27.9. The number of nitriles is 1. The number of halogens is 1. The van der Waals surface area contributed by atoms with Gasteiger partial charge in [0, 0.05) is 48.6 Å². The third-order valence-corrected chi connectivity index (χ3v) is 12.1. The zero-order valence-electron chi connectivity index (χ0n) is 36.3. The highest BCUT2D eigenvalue weighted by molar-refractivity contribution is 6.31. The summed E-state index contributed by atoms with van der Waals surface area (Å²) in [7, 11) is 0. The predicted octanol–water partition coefficient (Wildman–Crippen LogP) is 9.46. The fourth-order valence-electron chi connectivity index (χ4n) is 7.07. The second-order valence-electron chi connectivity index (χ2n) is 16.7. The zero-order chi connectivity index (χ0) is 43.5. The first kappa shape index (κ1) is 46.8. The van der Waals surface area contributed by atoms with Crippen LogP contribution in [-0.4, -0.2) is 66.4 Å². The molecular weight excluding hydrogens is 764 g/mol. The van der Waals surface area contributed by atoms with Crippen molar-refractivity contribution in [1.29, 1.82) is 5.26 Å². The smallest absolute Gasteiger partial charge is 0.319 e. The van der Waals surface area contributed by atoms with Crippen molar-refractivity contribution in [3.05, 3.63) is 81.9 Å². The van der Waals surface area contributed by atoms with Crippen LogP contribution in [0.4, 0.5) is 21.9 Å². The van der Waals surface area contributed by atoms with Crippen LogP contribution in [0.5, 0.6) is 5.75 Å². The molecule has 3 unspecified atom stereocenters. The van der Waals surface area contributed by atoms with Crippen LogP contribution >= 0.6 is 11.6 Å². The number of benzene rings is 3. The lowest BCUT2D eigenvalue weighted by Crippen LogP contribution is -2.56. The molecule has 1 aliphatic rings. The Bertz CT molecular complexity index is 2040. The second-order valence-corrected chi connectivity index (χ2v) is 17.1. The lowest BCUT2D eigenvalue weighted by molar-refractivity contribution is -0.129. The van der Waals surface area contributed by atoms with Crippen molar-refractivity contribution < 1.29 is 24.2 Å². The fourth-order valence-corrected chi connectivity index (χ4v) is 7.23. The van der Waals surface area contributed by atoms with Crippen LogP contribution in [0.3, 0.4) is 0 Å². The summed E-state index contributed by atoms with van der Waals surface area (Å²) >= 11 is 6.08. The van der Waals surface area contributed by atoms with E-state index < -0.39 is 24.2 Å². The summed E-state index contributed by atoms with van der Waals surface area (Å²) in [5.41, 5.74) is 5.58. The van der Waals surface area contributed by atoms with E-state index in [-0.39, 0.29) is 52.6 Å². The van der Waals surface area contributed by atoms with Crippen LogP contribution in [-0.2, 0) is 20.4 Å². The minimum Gasteiger partial charge on any atom is -0.480 e. The molecule has 0 heterocycles. The number of Topliss-reactive ketones (excluding diaryl/α,β-unsaturated/α-hetero) is 1. The highest BCUT2D eigenvalue weighted by Gasteiger charge is 2.37. The summed E-state index contributed by atoms with van der Waals surface area (Å²) in [4.78, 5) is 48.5. The lowest BCUT2D eigenvalue weighted by atomic mass is 9.76. The van der Waals surface area contributed by atoms with E-state index in [1.54, 1.807) is 6.07 Å². The quantitative estimate of drug-likeness (QED) is 0.0996. The van der Waals surface area contributed by atoms with E-state index in [4.69, 9.17) is 21.3 Å². The summed E-state index contributed by atoms with van der Waals surface area (Å²) in [6.07, 6.45) is 3.09. The highest BCUT2D eigenvalue weighted by Crippen LogP contribution is 2.39. The lowest BCUT2D eigenvalue weighted by Gasteiger charge is -2.33. The third kappa shape index (κ3) is 12.1. The van der Waals surface area contributed by atoms with E-state index in [0.717, 1.165) is 42.5 Å². The van der Waals surface area contributed by atoms with Gasteiger partial charge in [-0.25, -0.2) is 4.79 Å². The first-order valence-corrected chi connectivity index (χ1v) is 21.3. The van der Waals surface area contributed by atoms with Gasteiger partial charge >= 0.3 is 6.03 Å². The number of carbonyl (C=O) groups is 3. The number of amides is 3. The molecule has 3 aromatic rings. The molecule has 0 spiro atoms. The third-order valence-electron chi connectivity index (χ3n) is 11.8. The van der Waals surface area contributed by atoms with Gasteiger partial charge in [-0.2, -0.15) is 5.26 Å². The molecule has 0 radical (unpaired) electrons. The number of ketones is 1. The maximum absolute atomic E-state index is 14.4. The first-order chi connectivity index (χ1) is 28.0. The summed E-state index contributed by atoms with van der Waals surface area (Å²) in [5.74, 6) is 0.0743. The molecule has 3 amide bonds. The van der Waals surface area contributed by atoms with Gasteiger partial charge in [0.2, 0.25) is 0 Å². The zero-order valence-corrected chi connectivity index (χ0v) is 37.1. The number of likely N-dealkylation sites (N-methyl/N-ethyl adjacent to an activating group) is 1. The summed E-state index contributed by atoms with van der Waals surface area (Å²) < 4.78 is 6.71. The van der Waals surface area contributed by atoms with Crippen molar-refractivity contribution in [3.8, 4) is 11.8 Å². The molecule has 0 aliphatic heterocycles. The van der Waals surface area contributed by atoms with Gasteiger partial charge in [-0.15, -0.1) is 0 Å². The number of aryl methyl sites for hydroxylation is 1. The number of hydrogen-bond donors (Lipinski definition) is 4. The van der Waals surface area contributed by atoms with E-state index in [2.05, 4.69) is 81.4 Å². The van der Waals surface area contributed by atoms with Crippen LogP contribution < -0.4 is 25.6 Å². The van der Waals surface area contributed by atoms with Crippen LogP contribution in [0.15, 0.2) is 59.6 Å². The maximum Gasteiger partial charge on any atom is 0.319 e. The Morgan fingerprint density at radius 3 is 2.34 bits per heavy atom. The van der Waals surface area contributed by atoms with Crippen molar-refractivity contribution >= 4 is 52.1 Å². The average Bonchev–Trinajstić information content (AvgIpc) is 3.21. The average molecular weight is 828 g/mol. The van der Waals surface area contributed by atoms with Gasteiger partial charge in [0.25, 0.3) is 5.91 Å². The Balaban J connectivity index is 1.68. The number of nitrogens with zero attached hydrogens (tertiary/aromatic N) is 3. The molecule has 12 heteroatoms. The molecule has 1 saturated carbocycles. The first-order valence-electron chi connectivity index (χ1n) is 21.0. The number of rotatable bonds is 18. The van der Waals surface area contributed by atoms with Gasteiger partial charge in [-0.05, 0) is 104 Å². The molecule has 0 bridgehead atoms. The van der Waals surface area contributed by atoms with Gasteiger partial charge in [-0.3, -0.25) is 14.6 Å². The summed E-state index contributed by atoms with van der Waals surface area (Å²) in [6.45, 7) is 20.5. The fraction of sp³-hybridized carbons (Fsp3) is 0.511. The normalized spacial score (nSPS) is 16.9. The number of hydrogen-bond acceptors (Lipinski definition) is 8. The topological polar surface area (TPSA) is 156 Å². The maximum atomic E-state index is 14.4. The number of carbonyl (C=O) groups excluding carboxylic acids is 3. The molecule has 0 saturated heterocycles. The predicted molar refractivity (Wildman–Crippen MR) is 239 cm³/mol. The Labute approximate surface area is 356 Å². The van der Waals surface area contributed by atoms with Gasteiger partial charge in [0.05, 0.1) is 35.0 Å². The summed E-state index contributed by atoms with van der Waals surface area (Å²) in [6, 6.07) is 16.4. The number of ether oxygens (including phenoxy) is 1. The Hall–Kier alpha value is -4.92. The molecule has 1 aliphatic carbocycles. The van der Waals surface area contributed by atoms with E-state index in [0.29, 0.717) is 42.3 Å². The van der Waals surface area contributed by atoms with E-state index >= 15 is 0 Å². The molecule has 4 N–H and O–H groups in total. The number of urea groups is 1. The molecule has 3 atom stereocenters. The highest BCUT2D eigenvalue weighted by atomic mass is 35.5. The van der Waals surface area contributed by atoms with Crippen LogP contribution in [0.25, 0.3) is 0 Å². The van der Waals surface area contributed by atoms with E-state index in [1.807, 2.05) is 44.2 Å². The molecule has 59 heavy (non-hydrogen) atoms. The van der Waals surface area contributed by atoms with Gasteiger partial charge in [0.1, 0.15) is 11.8 Å². The number of unbranched alkanes of at least 4 members (excludes halogenated alkanes) is 1. The van der Waals surface area contributed by atoms with E-state index in [1.165, 1.54) is 17.7 Å². The molecule has 11 nitrogen and oxygen atoms in total. The Morgan fingerprint density at radius 1 is 0.983 bits per heavy atom. The number of aliphatic imine (C=N–C) groups is 1. The SMILES string of the molecule is CCCCC(Oc1ccc(C(C)(C)CC)cc1C(C)(C)CC)C(=O)NC1CC(=O)C(NC(=O)Nc2ccc(Cl)c(C#N)c2)CC1=Nc1ccc(N(CC)CCO)cc1C. The van der Waals surface area contributed by atoms with E-state index in [9.17, 15) is 24.8 Å². The molecule has 0 aromatic heterocycles. The van der Waals surface area contributed by atoms with Crippen molar-refractivity contribution in [1.82, 2.24) is 10.6 Å². The van der Waals surface area contributed by atoms with Gasteiger partial charge < -0.3 is 30.7 Å². The van der Waals surface area contributed by atoms with Crippen molar-refractivity contribution in [2.75, 3.05) is 29.9 Å². The Morgan fingerprint density at radius 2 is 1.71 bits per heavy atom. The Kier molecular flexibility index (Phi) is 16.5. The molecule has 1 fully saturated rings.